The largest absolute Gasteiger partial charge is 0.496 e. The predicted molar refractivity (Wildman–Crippen MR) is 82.6 cm³/mol. The van der Waals surface area contributed by atoms with Gasteiger partial charge in [0.05, 0.1) is 12.0 Å². The maximum Gasteiger partial charge on any atom is 0.243 e. The molecule has 5 nitrogen and oxygen atoms in total. The molecule has 0 saturated carbocycles. The molecule has 1 fully saturated rings. The van der Waals surface area contributed by atoms with E-state index < -0.39 is 10.0 Å². The summed E-state index contributed by atoms with van der Waals surface area (Å²) >= 11 is 0. The van der Waals surface area contributed by atoms with E-state index in [9.17, 15) is 8.42 Å². The summed E-state index contributed by atoms with van der Waals surface area (Å²) in [6, 6.07) is 4.93. The van der Waals surface area contributed by atoms with Crippen molar-refractivity contribution in [2.24, 2.45) is 11.7 Å². The van der Waals surface area contributed by atoms with Crippen LogP contribution >= 0.6 is 0 Å². The highest BCUT2D eigenvalue weighted by Gasteiger charge is 2.33. The molecule has 0 amide bonds. The third-order valence-corrected chi connectivity index (χ3v) is 6.11. The van der Waals surface area contributed by atoms with Crippen LogP contribution in [0.15, 0.2) is 23.1 Å². The molecule has 1 saturated heterocycles. The van der Waals surface area contributed by atoms with Crippen LogP contribution < -0.4 is 10.5 Å². The Labute approximate surface area is 127 Å². The van der Waals surface area contributed by atoms with Crippen molar-refractivity contribution < 1.29 is 13.2 Å². The number of nitrogens with two attached hydrogens (primary N) is 1. The summed E-state index contributed by atoms with van der Waals surface area (Å²) in [5, 5.41) is 0. The molecule has 0 aliphatic carbocycles. The van der Waals surface area contributed by atoms with Crippen LogP contribution in [0.4, 0.5) is 0 Å². The zero-order chi connectivity index (χ0) is 15.6. The zero-order valence-electron chi connectivity index (χ0n) is 12.9. The Kier molecular flexibility index (Phi) is 4.91. The molecular formula is C15H24N2O3S. The molecular weight excluding hydrogens is 288 g/mol. The van der Waals surface area contributed by atoms with Crippen molar-refractivity contribution in [1.82, 2.24) is 4.31 Å². The minimum absolute atomic E-state index is 0.0367. The molecule has 1 aliphatic heterocycles. The molecule has 2 rings (SSSR count). The molecule has 21 heavy (non-hydrogen) atoms. The molecule has 1 aromatic rings. The third kappa shape index (κ3) is 3.22. The van der Waals surface area contributed by atoms with Crippen molar-refractivity contribution >= 4 is 10.0 Å². The van der Waals surface area contributed by atoms with E-state index >= 15 is 0 Å². The lowest BCUT2D eigenvalue weighted by Crippen LogP contribution is -2.44. The van der Waals surface area contributed by atoms with Gasteiger partial charge in [-0.2, -0.15) is 4.31 Å². The molecule has 1 aliphatic rings. The van der Waals surface area contributed by atoms with E-state index in [1.54, 1.807) is 29.6 Å². The first-order valence-corrected chi connectivity index (χ1v) is 8.73. The average molecular weight is 312 g/mol. The number of hydrogen-bond acceptors (Lipinski definition) is 4. The SMILES string of the molecule is COc1ccc(S(=O)(=O)N2CC(C)CCC2C)cc1CN. The summed E-state index contributed by atoms with van der Waals surface area (Å²) < 4.78 is 32.5. The second kappa shape index (κ2) is 6.34. The van der Waals surface area contributed by atoms with Gasteiger partial charge in [-0.05, 0) is 43.9 Å². The van der Waals surface area contributed by atoms with Gasteiger partial charge in [0.15, 0.2) is 0 Å². The van der Waals surface area contributed by atoms with Gasteiger partial charge in [0.2, 0.25) is 10.0 Å². The van der Waals surface area contributed by atoms with Crippen LogP contribution in [0.1, 0.15) is 32.3 Å². The van der Waals surface area contributed by atoms with Gasteiger partial charge >= 0.3 is 0 Å². The predicted octanol–water partition coefficient (Wildman–Crippen LogP) is 1.96. The van der Waals surface area contributed by atoms with E-state index in [1.807, 2.05) is 6.92 Å². The Morgan fingerprint density at radius 2 is 2.05 bits per heavy atom. The van der Waals surface area contributed by atoms with Gasteiger partial charge in [0, 0.05) is 24.7 Å². The van der Waals surface area contributed by atoms with Crippen molar-refractivity contribution in [1.29, 1.82) is 0 Å². The fraction of sp³-hybridized carbons (Fsp3) is 0.600. The maximum absolute atomic E-state index is 12.9. The van der Waals surface area contributed by atoms with Crippen LogP contribution in [0.5, 0.6) is 5.75 Å². The normalized spacial score (nSPS) is 24.0. The highest BCUT2D eigenvalue weighted by Crippen LogP contribution is 2.30. The molecule has 2 atom stereocenters. The molecule has 6 heteroatoms. The van der Waals surface area contributed by atoms with Crippen LogP contribution in [-0.4, -0.2) is 32.4 Å². The average Bonchev–Trinajstić information content (AvgIpc) is 2.48. The summed E-state index contributed by atoms with van der Waals surface area (Å²) in [7, 11) is -1.93. The van der Waals surface area contributed by atoms with Gasteiger partial charge in [-0.15, -0.1) is 0 Å². The van der Waals surface area contributed by atoms with E-state index in [0.717, 1.165) is 12.8 Å². The smallest absolute Gasteiger partial charge is 0.243 e. The summed E-state index contributed by atoms with van der Waals surface area (Å²) in [6.07, 6.45) is 1.98. The quantitative estimate of drug-likeness (QED) is 0.922. The molecule has 0 radical (unpaired) electrons. The Morgan fingerprint density at radius 3 is 2.67 bits per heavy atom. The minimum atomic E-state index is -3.48. The summed E-state index contributed by atoms with van der Waals surface area (Å²) in [5.41, 5.74) is 6.38. The topological polar surface area (TPSA) is 72.6 Å². The van der Waals surface area contributed by atoms with Gasteiger partial charge in [-0.25, -0.2) is 8.42 Å². The van der Waals surface area contributed by atoms with Gasteiger partial charge < -0.3 is 10.5 Å². The summed E-state index contributed by atoms with van der Waals surface area (Å²) in [6.45, 7) is 4.89. The second-order valence-electron chi connectivity index (χ2n) is 5.78. The zero-order valence-corrected chi connectivity index (χ0v) is 13.7. The van der Waals surface area contributed by atoms with E-state index in [-0.39, 0.29) is 12.6 Å². The van der Waals surface area contributed by atoms with Crippen LogP contribution in [0.25, 0.3) is 0 Å². The summed E-state index contributed by atoms with van der Waals surface area (Å²) in [5.74, 6) is 1.01. The number of sulfonamides is 1. The molecule has 118 valence electrons. The number of hydrogen-bond donors (Lipinski definition) is 1. The third-order valence-electron chi connectivity index (χ3n) is 4.14. The first-order valence-electron chi connectivity index (χ1n) is 7.29. The fourth-order valence-corrected chi connectivity index (χ4v) is 4.63. The first-order chi connectivity index (χ1) is 9.90. The molecule has 1 heterocycles. The molecule has 0 bridgehead atoms. The number of rotatable bonds is 4. The number of methoxy groups -OCH3 is 1. The van der Waals surface area contributed by atoms with E-state index in [4.69, 9.17) is 10.5 Å². The number of benzene rings is 1. The lowest BCUT2D eigenvalue weighted by molar-refractivity contribution is 0.218. The molecule has 1 aromatic carbocycles. The Balaban J connectivity index is 2.39. The number of nitrogens with zero attached hydrogens (tertiary/aromatic N) is 1. The minimum Gasteiger partial charge on any atom is -0.496 e. The molecule has 0 spiro atoms. The summed E-state index contributed by atoms with van der Waals surface area (Å²) in [4.78, 5) is 0.296. The van der Waals surface area contributed by atoms with Crippen molar-refractivity contribution in [2.45, 2.75) is 44.2 Å². The van der Waals surface area contributed by atoms with Crippen molar-refractivity contribution in [3.8, 4) is 5.75 Å². The van der Waals surface area contributed by atoms with Gasteiger partial charge in [0.1, 0.15) is 5.75 Å². The van der Waals surface area contributed by atoms with E-state index in [2.05, 4.69) is 6.92 Å². The molecule has 2 unspecified atom stereocenters. The van der Waals surface area contributed by atoms with E-state index in [0.29, 0.717) is 28.7 Å². The highest BCUT2D eigenvalue weighted by atomic mass is 32.2. The number of piperidine rings is 1. The van der Waals surface area contributed by atoms with Crippen LogP contribution in [-0.2, 0) is 16.6 Å². The van der Waals surface area contributed by atoms with Crippen LogP contribution in [0, 0.1) is 5.92 Å². The Bertz CT molecular complexity index is 601. The molecule has 2 N–H and O–H groups in total. The van der Waals surface area contributed by atoms with Gasteiger partial charge in [-0.3, -0.25) is 0 Å². The van der Waals surface area contributed by atoms with Gasteiger partial charge in [-0.1, -0.05) is 6.92 Å². The van der Waals surface area contributed by atoms with Gasteiger partial charge in [0.25, 0.3) is 0 Å². The first kappa shape index (κ1) is 16.3. The monoisotopic (exact) mass is 312 g/mol. The van der Waals surface area contributed by atoms with Crippen molar-refractivity contribution in [3.05, 3.63) is 23.8 Å². The Hall–Kier alpha value is -1.11. The standard InChI is InChI=1S/C15H24N2O3S/c1-11-4-5-12(2)17(10-11)21(18,19)14-6-7-15(20-3)13(8-14)9-16/h6-8,11-12H,4-5,9-10,16H2,1-3H3. The maximum atomic E-state index is 12.9. The van der Waals surface area contributed by atoms with Crippen molar-refractivity contribution in [2.75, 3.05) is 13.7 Å². The fourth-order valence-electron chi connectivity index (χ4n) is 2.79. The van der Waals surface area contributed by atoms with Crippen molar-refractivity contribution in [3.63, 3.8) is 0 Å². The second-order valence-corrected chi connectivity index (χ2v) is 7.67. The van der Waals surface area contributed by atoms with Crippen LogP contribution in [0.2, 0.25) is 0 Å². The van der Waals surface area contributed by atoms with Crippen LogP contribution in [0.3, 0.4) is 0 Å². The highest BCUT2D eigenvalue weighted by molar-refractivity contribution is 7.89. The Morgan fingerprint density at radius 1 is 1.33 bits per heavy atom. The lowest BCUT2D eigenvalue weighted by Gasteiger charge is -2.35. The molecule has 0 aromatic heterocycles. The van der Waals surface area contributed by atoms with E-state index in [1.165, 1.54) is 0 Å². The number of ether oxygens (including phenoxy) is 1. The lowest BCUT2D eigenvalue weighted by atomic mass is 9.97.